The SMILES string of the molecule is CC(C)(C)/C=C\CC(C)(C)CCCC=O. The van der Waals surface area contributed by atoms with Crippen LogP contribution < -0.4 is 0 Å². The van der Waals surface area contributed by atoms with E-state index >= 15 is 0 Å². The Balaban J connectivity index is 3.92. The summed E-state index contributed by atoms with van der Waals surface area (Å²) in [4.78, 5) is 10.2. The third kappa shape index (κ3) is 9.71. The molecular weight excluding hydrogens is 184 g/mol. The number of hydrogen-bond donors (Lipinski definition) is 0. The lowest BCUT2D eigenvalue weighted by Crippen LogP contribution is -2.10. The first-order valence-corrected chi connectivity index (χ1v) is 5.88. The highest BCUT2D eigenvalue weighted by atomic mass is 16.1. The molecule has 0 radical (unpaired) electrons. The molecule has 0 saturated heterocycles. The second-order valence-electron chi connectivity index (χ2n) is 6.20. The molecule has 0 spiro atoms. The Hall–Kier alpha value is -0.590. The van der Waals surface area contributed by atoms with Crippen LogP contribution in [0, 0.1) is 10.8 Å². The van der Waals surface area contributed by atoms with E-state index in [9.17, 15) is 4.79 Å². The maximum atomic E-state index is 10.2. The molecule has 0 bridgehead atoms. The quantitative estimate of drug-likeness (QED) is 0.361. The lowest BCUT2D eigenvalue weighted by atomic mass is 9.83. The number of allylic oxidation sites excluding steroid dienone is 2. The number of carbonyl (C=O) groups is 1. The average Bonchev–Trinajstić information content (AvgIpc) is 2.01. The lowest BCUT2D eigenvalue weighted by Gasteiger charge is -2.23. The maximum Gasteiger partial charge on any atom is 0.119 e. The van der Waals surface area contributed by atoms with Crippen molar-refractivity contribution >= 4 is 6.29 Å². The van der Waals surface area contributed by atoms with E-state index in [1.165, 1.54) is 0 Å². The summed E-state index contributed by atoms with van der Waals surface area (Å²) >= 11 is 0. The van der Waals surface area contributed by atoms with Crippen molar-refractivity contribution in [1.29, 1.82) is 0 Å². The molecule has 0 unspecified atom stereocenters. The standard InChI is InChI=1S/C14H26O/c1-13(2,3)9-8-11-14(4,5)10-6-7-12-15/h8-9,12H,6-7,10-11H2,1-5H3/b9-8-. The molecule has 0 rings (SSSR count). The zero-order valence-corrected chi connectivity index (χ0v) is 11.0. The Labute approximate surface area is 95.0 Å². The van der Waals surface area contributed by atoms with Crippen LogP contribution in [0.25, 0.3) is 0 Å². The molecule has 0 amide bonds. The number of rotatable bonds is 6. The first kappa shape index (κ1) is 14.4. The van der Waals surface area contributed by atoms with Crippen molar-refractivity contribution in [3.8, 4) is 0 Å². The largest absolute Gasteiger partial charge is 0.303 e. The first-order valence-electron chi connectivity index (χ1n) is 5.88. The third-order valence-electron chi connectivity index (χ3n) is 2.46. The first-order chi connectivity index (χ1) is 6.77. The molecule has 88 valence electrons. The van der Waals surface area contributed by atoms with Gasteiger partial charge in [-0.1, -0.05) is 46.8 Å². The second-order valence-corrected chi connectivity index (χ2v) is 6.20. The highest BCUT2D eigenvalue weighted by Gasteiger charge is 2.15. The van der Waals surface area contributed by atoms with E-state index < -0.39 is 0 Å². The molecule has 0 aromatic heterocycles. The summed E-state index contributed by atoms with van der Waals surface area (Å²) in [6.45, 7) is 11.2. The van der Waals surface area contributed by atoms with E-state index in [2.05, 4.69) is 46.8 Å². The molecule has 1 heteroatoms. The van der Waals surface area contributed by atoms with E-state index in [0.717, 1.165) is 25.5 Å². The van der Waals surface area contributed by atoms with Crippen LogP contribution in [0.15, 0.2) is 12.2 Å². The Morgan fingerprint density at radius 3 is 2.13 bits per heavy atom. The van der Waals surface area contributed by atoms with E-state index in [1.807, 2.05) is 0 Å². The van der Waals surface area contributed by atoms with Gasteiger partial charge in [-0.2, -0.15) is 0 Å². The van der Waals surface area contributed by atoms with Crippen LogP contribution in [0.1, 0.15) is 60.3 Å². The van der Waals surface area contributed by atoms with E-state index in [1.54, 1.807) is 0 Å². The molecule has 0 aliphatic carbocycles. The van der Waals surface area contributed by atoms with Crippen molar-refractivity contribution in [2.75, 3.05) is 0 Å². The number of aldehydes is 1. The van der Waals surface area contributed by atoms with Crippen LogP contribution in [0.3, 0.4) is 0 Å². The summed E-state index contributed by atoms with van der Waals surface area (Å²) in [7, 11) is 0. The summed E-state index contributed by atoms with van der Waals surface area (Å²) < 4.78 is 0. The van der Waals surface area contributed by atoms with Crippen LogP contribution in [0.4, 0.5) is 0 Å². The van der Waals surface area contributed by atoms with Gasteiger partial charge in [-0.15, -0.1) is 0 Å². The third-order valence-corrected chi connectivity index (χ3v) is 2.46. The van der Waals surface area contributed by atoms with Crippen LogP contribution in [-0.4, -0.2) is 6.29 Å². The Morgan fingerprint density at radius 1 is 1.07 bits per heavy atom. The van der Waals surface area contributed by atoms with Crippen molar-refractivity contribution in [2.24, 2.45) is 10.8 Å². The molecule has 0 N–H and O–H groups in total. The van der Waals surface area contributed by atoms with Crippen LogP contribution in [0.5, 0.6) is 0 Å². The fourth-order valence-electron chi connectivity index (χ4n) is 1.50. The Morgan fingerprint density at radius 2 is 1.67 bits per heavy atom. The normalized spacial score (nSPS) is 13.4. The number of unbranched alkanes of at least 4 members (excludes halogenated alkanes) is 1. The molecule has 15 heavy (non-hydrogen) atoms. The Kier molecular flexibility index (Phi) is 5.85. The minimum atomic E-state index is 0.277. The van der Waals surface area contributed by atoms with Gasteiger partial charge in [-0.05, 0) is 30.1 Å². The van der Waals surface area contributed by atoms with Gasteiger partial charge in [0.1, 0.15) is 6.29 Å². The molecule has 0 aliphatic rings. The molecule has 1 nitrogen and oxygen atoms in total. The van der Waals surface area contributed by atoms with Crippen LogP contribution in [-0.2, 0) is 4.79 Å². The van der Waals surface area contributed by atoms with Gasteiger partial charge >= 0.3 is 0 Å². The summed E-state index contributed by atoms with van der Waals surface area (Å²) in [5.41, 5.74) is 0.601. The minimum Gasteiger partial charge on any atom is -0.303 e. The van der Waals surface area contributed by atoms with Gasteiger partial charge in [0.15, 0.2) is 0 Å². The van der Waals surface area contributed by atoms with E-state index in [-0.39, 0.29) is 5.41 Å². The zero-order valence-electron chi connectivity index (χ0n) is 11.0. The molecular formula is C14H26O. The van der Waals surface area contributed by atoms with Gasteiger partial charge in [0.2, 0.25) is 0 Å². The second kappa shape index (κ2) is 6.09. The van der Waals surface area contributed by atoms with E-state index in [4.69, 9.17) is 0 Å². The Bertz CT molecular complexity index is 206. The topological polar surface area (TPSA) is 17.1 Å². The highest BCUT2D eigenvalue weighted by Crippen LogP contribution is 2.28. The molecule has 0 aromatic carbocycles. The number of carbonyl (C=O) groups excluding carboxylic acids is 1. The van der Waals surface area contributed by atoms with Crippen LogP contribution >= 0.6 is 0 Å². The number of hydrogen-bond acceptors (Lipinski definition) is 1. The summed E-state index contributed by atoms with van der Waals surface area (Å²) in [6, 6.07) is 0. The van der Waals surface area contributed by atoms with Crippen molar-refractivity contribution in [2.45, 2.75) is 60.3 Å². The highest BCUT2D eigenvalue weighted by molar-refractivity contribution is 5.48. The van der Waals surface area contributed by atoms with Gasteiger partial charge in [-0.25, -0.2) is 0 Å². The average molecular weight is 210 g/mol. The summed E-state index contributed by atoms with van der Waals surface area (Å²) in [5, 5.41) is 0. The summed E-state index contributed by atoms with van der Waals surface area (Å²) in [6.07, 6.45) is 9.51. The smallest absolute Gasteiger partial charge is 0.119 e. The zero-order chi connectivity index (χ0) is 11.9. The molecule has 0 aliphatic heterocycles. The predicted molar refractivity (Wildman–Crippen MR) is 66.9 cm³/mol. The molecule has 0 saturated carbocycles. The van der Waals surface area contributed by atoms with Crippen molar-refractivity contribution < 1.29 is 4.79 Å². The molecule has 0 heterocycles. The van der Waals surface area contributed by atoms with Gasteiger partial charge in [0.05, 0.1) is 0 Å². The predicted octanol–water partition coefficient (Wildman–Crippen LogP) is 4.37. The fraction of sp³-hybridized carbons (Fsp3) is 0.786. The molecule has 0 fully saturated rings. The van der Waals surface area contributed by atoms with Gasteiger partial charge in [0.25, 0.3) is 0 Å². The monoisotopic (exact) mass is 210 g/mol. The van der Waals surface area contributed by atoms with Gasteiger partial charge < -0.3 is 4.79 Å². The summed E-state index contributed by atoms with van der Waals surface area (Å²) in [5.74, 6) is 0. The lowest BCUT2D eigenvalue weighted by molar-refractivity contribution is -0.108. The van der Waals surface area contributed by atoms with Crippen molar-refractivity contribution in [3.63, 3.8) is 0 Å². The molecule has 0 aromatic rings. The fourth-order valence-corrected chi connectivity index (χ4v) is 1.50. The van der Waals surface area contributed by atoms with Crippen molar-refractivity contribution in [1.82, 2.24) is 0 Å². The van der Waals surface area contributed by atoms with Gasteiger partial charge in [0, 0.05) is 6.42 Å². The van der Waals surface area contributed by atoms with Gasteiger partial charge in [-0.3, -0.25) is 0 Å². The van der Waals surface area contributed by atoms with Crippen LogP contribution in [0.2, 0.25) is 0 Å². The molecule has 0 atom stereocenters. The maximum absolute atomic E-state index is 10.2. The minimum absolute atomic E-state index is 0.277. The van der Waals surface area contributed by atoms with Crippen molar-refractivity contribution in [3.05, 3.63) is 12.2 Å². The van der Waals surface area contributed by atoms with E-state index in [0.29, 0.717) is 11.8 Å².